The van der Waals surface area contributed by atoms with Crippen molar-refractivity contribution in [3.63, 3.8) is 0 Å². The van der Waals surface area contributed by atoms with Crippen molar-refractivity contribution < 1.29 is 14.3 Å². The van der Waals surface area contributed by atoms with Gasteiger partial charge in [-0.1, -0.05) is 0 Å². The Balaban J connectivity index is 0.00000162. The number of nitrogens with zero attached hydrogens (tertiary/aromatic N) is 1. The molecule has 1 unspecified atom stereocenters. The monoisotopic (exact) mass is 278 g/mol. The number of amides is 1. The Labute approximate surface area is 114 Å². The van der Waals surface area contributed by atoms with Gasteiger partial charge in [-0.25, -0.2) is 0 Å². The Morgan fingerprint density at radius 3 is 2.61 bits per heavy atom. The molecule has 2 heterocycles. The molecule has 2 rings (SSSR count). The number of hydrogen-bond acceptors (Lipinski definition) is 4. The molecular weight excluding hydrogens is 256 g/mol. The van der Waals surface area contributed by atoms with Gasteiger partial charge >= 0.3 is 0 Å². The minimum absolute atomic E-state index is 0. The van der Waals surface area contributed by atoms with Crippen molar-refractivity contribution in [2.45, 2.75) is 31.4 Å². The van der Waals surface area contributed by atoms with Crippen LogP contribution in [0.25, 0.3) is 0 Å². The maximum Gasteiger partial charge on any atom is 0.239 e. The smallest absolute Gasteiger partial charge is 0.239 e. The second-order valence-corrected chi connectivity index (χ2v) is 4.91. The number of likely N-dealkylation sites (tertiary alicyclic amines) is 1. The fourth-order valence-corrected chi connectivity index (χ4v) is 2.61. The first-order chi connectivity index (χ1) is 8.22. The number of hydrogen-bond donors (Lipinski definition) is 1. The molecule has 0 radical (unpaired) electrons. The van der Waals surface area contributed by atoms with E-state index in [2.05, 4.69) is 0 Å². The van der Waals surface area contributed by atoms with Gasteiger partial charge in [0.05, 0.1) is 12.1 Å². The number of methoxy groups -OCH3 is 1. The summed E-state index contributed by atoms with van der Waals surface area (Å²) in [5.74, 6) is 0.356. The van der Waals surface area contributed by atoms with Gasteiger partial charge < -0.3 is 20.1 Å². The number of ether oxygens (including phenoxy) is 2. The van der Waals surface area contributed by atoms with Crippen molar-refractivity contribution in [3.05, 3.63) is 0 Å². The molecule has 6 heteroatoms. The van der Waals surface area contributed by atoms with E-state index in [4.69, 9.17) is 15.2 Å². The SMILES string of the molecule is CO[C@@H]1CCN(C(=O)C(N)C2CCOCC2)C1.Cl. The molecule has 0 spiro atoms. The first-order valence-corrected chi connectivity index (χ1v) is 6.37. The second kappa shape index (κ2) is 7.28. The molecule has 0 bridgehead atoms. The summed E-state index contributed by atoms with van der Waals surface area (Å²) < 4.78 is 10.6. The largest absolute Gasteiger partial charge is 0.381 e. The van der Waals surface area contributed by atoms with Gasteiger partial charge in [0.15, 0.2) is 0 Å². The van der Waals surface area contributed by atoms with Crippen molar-refractivity contribution in [1.82, 2.24) is 4.90 Å². The second-order valence-electron chi connectivity index (χ2n) is 4.91. The highest BCUT2D eigenvalue weighted by Crippen LogP contribution is 2.21. The number of rotatable bonds is 3. The van der Waals surface area contributed by atoms with Crippen LogP contribution < -0.4 is 5.73 Å². The first kappa shape index (κ1) is 15.7. The molecule has 0 aromatic rings. The van der Waals surface area contributed by atoms with Gasteiger partial charge in [0.1, 0.15) is 0 Å². The molecule has 0 aromatic heterocycles. The average Bonchev–Trinajstić information content (AvgIpc) is 2.87. The van der Waals surface area contributed by atoms with Gasteiger partial charge in [-0.2, -0.15) is 0 Å². The lowest BCUT2D eigenvalue weighted by atomic mass is 9.91. The molecule has 1 amide bonds. The third kappa shape index (κ3) is 3.57. The van der Waals surface area contributed by atoms with E-state index in [1.807, 2.05) is 4.90 Å². The molecule has 2 aliphatic rings. The van der Waals surface area contributed by atoms with Crippen LogP contribution in [-0.4, -0.2) is 56.4 Å². The highest BCUT2D eigenvalue weighted by atomic mass is 35.5. The maximum absolute atomic E-state index is 12.2. The molecule has 5 nitrogen and oxygen atoms in total. The zero-order valence-corrected chi connectivity index (χ0v) is 11.7. The molecule has 2 atom stereocenters. The standard InChI is InChI=1S/C12H22N2O3.ClH/c1-16-10-2-5-14(8-10)12(15)11(13)9-3-6-17-7-4-9;/h9-11H,2-8,13H2,1H3;1H/t10-,11?;/m1./s1. The summed E-state index contributed by atoms with van der Waals surface area (Å²) in [6.07, 6.45) is 2.90. The number of halogens is 1. The Kier molecular flexibility index (Phi) is 6.35. The molecule has 0 aromatic carbocycles. The molecule has 0 saturated carbocycles. The van der Waals surface area contributed by atoms with E-state index in [0.717, 1.165) is 39.0 Å². The van der Waals surface area contributed by atoms with Gasteiger partial charge in [0, 0.05) is 33.4 Å². The van der Waals surface area contributed by atoms with Gasteiger partial charge in [-0.3, -0.25) is 4.79 Å². The van der Waals surface area contributed by atoms with Gasteiger partial charge in [0.2, 0.25) is 5.91 Å². The Hall–Kier alpha value is -0.360. The summed E-state index contributed by atoms with van der Waals surface area (Å²) >= 11 is 0. The van der Waals surface area contributed by atoms with E-state index in [0.29, 0.717) is 6.54 Å². The Morgan fingerprint density at radius 2 is 2.06 bits per heavy atom. The molecule has 2 fully saturated rings. The molecule has 2 aliphatic heterocycles. The van der Waals surface area contributed by atoms with Crippen LogP contribution in [0.15, 0.2) is 0 Å². The Bertz CT molecular complexity index is 272. The van der Waals surface area contributed by atoms with Crippen LogP contribution in [0.1, 0.15) is 19.3 Å². The van der Waals surface area contributed by atoms with Crippen molar-refractivity contribution >= 4 is 18.3 Å². The lowest BCUT2D eigenvalue weighted by Crippen LogP contribution is -2.48. The van der Waals surface area contributed by atoms with Crippen LogP contribution in [0.4, 0.5) is 0 Å². The number of carbonyl (C=O) groups is 1. The maximum atomic E-state index is 12.2. The average molecular weight is 279 g/mol. The van der Waals surface area contributed by atoms with Crippen molar-refractivity contribution in [2.75, 3.05) is 33.4 Å². The van der Waals surface area contributed by atoms with Crippen molar-refractivity contribution in [1.29, 1.82) is 0 Å². The van der Waals surface area contributed by atoms with E-state index in [1.54, 1.807) is 7.11 Å². The first-order valence-electron chi connectivity index (χ1n) is 6.37. The van der Waals surface area contributed by atoms with Crippen LogP contribution in [0.2, 0.25) is 0 Å². The molecule has 2 saturated heterocycles. The minimum Gasteiger partial charge on any atom is -0.381 e. The summed E-state index contributed by atoms with van der Waals surface area (Å²) in [4.78, 5) is 14.1. The molecule has 0 aliphatic carbocycles. The van der Waals surface area contributed by atoms with E-state index in [9.17, 15) is 4.79 Å². The summed E-state index contributed by atoms with van der Waals surface area (Å²) in [6, 6.07) is -0.366. The van der Waals surface area contributed by atoms with E-state index >= 15 is 0 Å². The summed E-state index contributed by atoms with van der Waals surface area (Å²) in [5.41, 5.74) is 6.07. The zero-order valence-electron chi connectivity index (χ0n) is 10.8. The lowest BCUT2D eigenvalue weighted by molar-refractivity contribution is -0.134. The summed E-state index contributed by atoms with van der Waals surface area (Å²) in [6.45, 7) is 2.92. The molecule has 2 N–H and O–H groups in total. The van der Waals surface area contributed by atoms with Gasteiger partial charge in [-0.15, -0.1) is 12.4 Å². The van der Waals surface area contributed by atoms with Crippen molar-refractivity contribution in [2.24, 2.45) is 11.7 Å². The normalized spacial score (nSPS) is 26.8. The van der Waals surface area contributed by atoms with Gasteiger partial charge in [-0.05, 0) is 25.2 Å². The zero-order chi connectivity index (χ0) is 12.3. The number of carbonyl (C=O) groups excluding carboxylic acids is 1. The highest BCUT2D eigenvalue weighted by molar-refractivity contribution is 5.85. The highest BCUT2D eigenvalue weighted by Gasteiger charge is 2.33. The fourth-order valence-electron chi connectivity index (χ4n) is 2.61. The summed E-state index contributed by atoms with van der Waals surface area (Å²) in [7, 11) is 1.69. The fraction of sp³-hybridized carbons (Fsp3) is 0.917. The minimum atomic E-state index is -0.366. The van der Waals surface area contributed by atoms with Crippen molar-refractivity contribution in [3.8, 4) is 0 Å². The van der Waals surface area contributed by atoms with Crippen LogP contribution in [0, 0.1) is 5.92 Å². The van der Waals surface area contributed by atoms with E-state index in [1.165, 1.54) is 0 Å². The predicted octanol–water partition coefficient (Wildman–Crippen LogP) is 0.409. The Morgan fingerprint density at radius 1 is 1.39 bits per heavy atom. The topological polar surface area (TPSA) is 64.8 Å². The number of nitrogens with two attached hydrogens (primary N) is 1. The quantitative estimate of drug-likeness (QED) is 0.812. The predicted molar refractivity (Wildman–Crippen MR) is 70.8 cm³/mol. The van der Waals surface area contributed by atoms with E-state index < -0.39 is 0 Å². The van der Waals surface area contributed by atoms with E-state index in [-0.39, 0.29) is 36.4 Å². The third-order valence-corrected chi connectivity index (χ3v) is 3.85. The molecular formula is C12H23ClN2O3. The van der Waals surface area contributed by atoms with Crippen LogP contribution >= 0.6 is 12.4 Å². The van der Waals surface area contributed by atoms with Crippen LogP contribution in [0.3, 0.4) is 0 Å². The molecule has 106 valence electrons. The lowest BCUT2D eigenvalue weighted by Gasteiger charge is -2.29. The van der Waals surface area contributed by atoms with Crippen LogP contribution in [-0.2, 0) is 14.3 Å². The third-order valence-electron chi connectivity index (χ3n) is 3.85. The molecule has 18 heavy (non-hydrogen) atoms. The van der Waals surface area contributed by atoms with Crippen LogP contribution in [0.5, 0.6) is 0 Å². The van der Waals surface area contributed by atoms with Gasteiger partial charge in [0.25, 0.3) is 0 Å². The summed E-state index contributed by atoms with van der Waals surface area (Å²) in [5, 5.41) is 0.